The molecular formula is C24H20N2O. The molecule has 0 atom stereocenters. The Balaban J connectivity index is 1.71. The minimum Gasteiger partial charge on any atom is -0.307 e. The van der Waals surface area contributed by atoms with Gasteiger partial charge < -0.3 is 5.32 Å². The van der Waals surface area contributed by atoms with Gasteiger partial charge in [-0.15, -0.1) is 0 Å². The number of nitrogens with zero attached hydrogens (tertiary/aromatic N) is 1. The first-order valence-corrected chi connectivity index (χ1v) is 8.95. The lowest BCUT2D eigenvalue weighted by Crippen LogP contribution is -2.14. The van der Waals surface area contributed by atoms with E-state index < -0.39 is 0 Å². The van der Waals surface area contributed by atoms with Gasteiger partial charge in [-0.25, -0.2) is 4.98 Å². The van der Waals surface area contributed by atoms with Crippen molar-refractivity contribution in [3.05, 3.63) is 95.6 Å². The summed E-state index contributed by atoms with van der Waals surface area (Å²) in [5.41, 5.74) is 5.76. The Hall–Kier alpha value is -3.46. The molecule has 1 aromatic heterocycles. The molecule has 0 saturated heterocycles. The lowest BCUT2D eigenvalue weighted by molar-refractivity contribution is 0.102. The molecule has 0 radical (unpaired) electrons. The van der Waals surface area contributed by atoms with E-state index in [-0.39, 0.29) is 5.91 Å². The maximum atomic E-state index is 13.0. The summed E-state index contributed by atoms with van der Waals surface area (Å²) >= 11 is 0. The summed E-state index contributed by atoms with van der Waals surface area (Å²) in [5, 5.41) is 4.00. The van der Waals surface area contributed by atoms with Crippen LogP contribution in [0.5, 0.6) is 0 Å². The minimum atomic E-state index is -0.156. The molecule has 0 saturated carbocycles. The Kier molecular flexibility index (Phi) is 4.43. The summed E-state index contributed by atoms with van der Waals surface area (Å²) < 4.78 is 0. The van der Waals surface area contributed by atoms with Crippen molar-refractivity contribution in [1.29, 1.82) is 0 Å². The van der Waals surface area contributed by atoms with Crippen LogP contribution in [0.1, 0.15) is 21.5 Å². The molecule has 4 rings (SSSR count). The predicted octanol–water partition coefficient (Wildman–Crippen LogP) is 5.77. The van der Waals surface area contributed by atoms with Crippen LogP contribution >= 0.6 is 0 Å². The van der Waals surface area contributed by atoms with E-state index in [9.17, 15) is 4.79 Å². The van der Waals surface area contributed by atoms with Crippen molar-refractivity contribution in [3.8, 4) is 11.1 Å². The van der Waals surface area contributed by atoms with Crippen LogP contribution in [0, 0.1) is 13.8 Å². The molecule has 1 N–H and O–H groups in total. The molecule has 0 aliphatic heterocycles. The van der Waals surface area contributed by atoms with Gasteiger partial charge >= 0.3 is 0 Å². The highest BCUT2D eigenvalue weighted by Gasteiger charge is 2.15. The highest BCUT2D eigenvalue weighted by Crippen LogP contribution is 2.28. The van der Waals surface area contributed by atoms with Gasteiger partial charge in [-0.05, 0) is 54.8 Å². The van der Waals surface area contributed by atoms with E-state index in [4.69, 9.17) is 0 Å². The number of rotatable bonds is 3. The largest absolute Gasteiger partial charge is 0.307 e. The SMILES string of the molecule is Cc1ccc(-c2c(C)cccc2C(=O)Nc2ccc3ccccc3n2)cc1. The normalized spacial score (nSPS) is 10.7. The molecule has 0 aliphatic carbocycles. The highest BCUT2D eigenvalue weighted by molar-refractivity contribution is 6.09. The quantitative estimate of drug-likeness (QED) is 0.508. The van der Waals surface area contributed by atoms with E-state index in [0.29, 0.717) is 11.4 Å². The standard InChI is InChI=1S/C24H20N2O/c1-16-10-12-19(13-11-16)23-17(2)6-5-8-20(23)24(27)26-22-15-14-18-7-3-4-9-21(18)25-22/h3-15H,1-2H3,(H,25,26,27). The molecule has 27 heavy (non-hydrogen) atoms. The number of carbonyl (C=O) groups excluding carboxylic acids is 1. The van der Waals surface area contributed by atoms with E-state index in [1.807, 2.05) is 61.5 Å². The first kappa shape index (κ1) is 17.0. The van der Waals surface area contributed by atoms with Crippen LogP contribution in [0.15, 0.2) is 78.9 Å². The number of aromatic nitrogens is 1. The molecule has 4 aromatic rings. The second kappa shape index (κ2) is 7.04. The Morgan fingerprint density at radius 3 is 2.41 bits per heavy atom. The topological polar surface area (TPSA) is 42.0 Å². The summed E-state index contributed by atoms with van der Waals surface area (Å²) in [6.45, 7) is 4.08. The summed E-state index contributed by atoms with van der Waals surface area (Å²) in [6, 6.07) is 25.7. The Morgan fingerprint density at radius 2 is 1.59 bits per heavy atom. The van der Waals surface area contributed by atoms with Crippen molar-refractivity contribution < 1.29 is 4.79 Å². The Labute approximate surface area is 158 Å². The smallest absolute Gasteiger partial charge is 0.257 e. The van der Waals surface area contributed by atoms with Gasteiger partial charge in [-0.3, -0.25) is 4.79 Å². The second-order valence-electron chi connectivity index (χ2n) is 6.71. The van der Waals surface area contributed by atoms with E-state index in [2.05, 4.69) is 41.5 Å². The van der Waals surface area contributed by atoms with Crippen LogP contribution in [0.25, 0.3) is 22.0 Å². The molecule has 1 heterocycles. The molecule has 3 heteroatoms. The van der Waals surface area contributed by atoms with Gasteiger partial charge in [0.25, 0.3) is 5.91 Å². The number of nitrogens with one attached hydrogen (secondary N) is 1. The van der Waals surface area contributed by atoms with E-state index in [1.54, 1.807) is 0 Å². The fourth-order valence-electron chi connectivity index (χ4n) is 3.28. The Morgan fingerprint density at radius 1 is 0.815 bits per heavy atom. The summed E-state index contributed by atoms with van der Waals surface area (Å²) in [7, 11) is 0. The van der Waals surface area contributed by atoms with Gasteiger partial charge in [0.1, 0.15) is 5.82 Å². The number of hydrogen-bond donors (Lipinski definition) is 1. The average Bonchev–Trinajstić information content (AvgIpc) is 2.68. The maximum absolute atomic E-state index is 13.0. The number of amides is 1. The summed E-state index contributed by atoms with van der Waals surface area (Å²) in [4.78, 5) is 17.6. The third-order valence-electron chi connectivity index (χ3n) is 4.70. The number of anilines is 1. The van der Waals surface area contributed by atoms with Crippen LogP contribution in [0.4, 0.5) is 5.82 Å². The van der Waals surface area contributed by atoms with Crippen molar-refractivity contribution in [2.75, 3.05) is 5.32 Å². The predicted molar refractivity (Wildman–Crippen MR) is 111 cm³/mol. The fraction of sp³-hybridized carbons (Fsp3) is 0.0833. The Bertz CT molecular complexity index is 1130. The molecular weight excluding hydrogens is 332 g/mol. The number of benzene rings is 3. The average molecular weight is 352 g/mol. The fourth-order valence-corrected chi connectivity index (χ4v) is 3.28. The monoisotopic (exact) mass is 352 g/mol. The molecule has 0 fully saturated rings. The number of fused-ring (bicyclic) bond motifs is 1. The van der Waals surface area contributed by atoms with Crippen molar-refractivity contribution in [1.82, 2.24) is 4.98 Å². The molecule has 3 aromatic carbocycles. The molecule has 0 unspecified atom stereocenters. The first-order chi connectivity index (χ1) is 13.1. The molecule has 0 spiro atoms. The zero-order valence-electron chi connectivity index (χ0n) is 15.4. The zero-order chi connectivity index (χ0) is 18.8. The summed E-state index contributed by atoms with van der Waals surface area (Å²) in [6.07, 6.45) is 0. The van der Waals surface area contributed by atoms with Crippen molar-refractivity contribution in [3.63, 3.8) is 0 Å². The van der Waals surface area contributed by atoms with E-state index in [1.165, 1.54) is 5.56 Å². The second-order valence-corrected chi connectivity index (χ2v) is 6.71. The third-order valence-corrected chi connectivity index (χ3v) is 4.70. The van der Waals surface area contributed by atoms with Crippen LogP contribution in [0.3, 0.4) is 0 Å². The molecule has 0 aliphatic rings. The first-order valence-electron chi connectivity index (χ1n) is 8.95. The van der Waals surface area contributed by atoms with Gasteiger partial charge in [-0.1, -0.05) is 60.2 Å². The van der Waals surface area contributed by atoms with Crippen LogP contribution < -0.4 is 5.32 Å². The van der Waals surface area contributed by atoms with E-state index in [0.717, 1.165) is 27.6 Å². The van der Waals surface area contributed by atoms with Crippen LogP contribution in [-0.2, 0) is 0 Å². The van der Waals surface area contributed by atoms with Gasteiger partial charge in [-0.2, -0.15) is 0 Å². The zero-order valence-corrected chi connectivity index (χ0v) is 15.4. The van der Waals surface area contributed by atoms with Gasteiger partial charge in [0.05, 0.1) is 5.52 Å². The number of carbonyl (C=O) groups is 1. The van der Waals surface area contributed by atoms with Crippen LogP contribution in [-0.4, -0.2) is 10.9 Å². The van der Waals surface area contributed by atoms with Gasteiger partial charge in [0.2, 0.25) is 0 Å². The molecule has 3 nitrogen and oxygen atoms in total. The van der Waals surface area contributed by atoms with Gasteiger partial charge in [0.15, 0.2) is 0 Å². The van der Waals surface area contributed by atoms with Crippen molar-refractivity contribution in [2.45, 2.75) is 13.8 Å². The minimum absolute atomic E-state index is 0.156. The third kappa shape index (κ3) is 3.44. The maximum Gasteiger partial charge on any atom is 0.257 e. The van der Waals surface area contributed by atoms with Gasteiger partial charge in [0, 0.05) is 10.9 Å². The lowest BCUT2D eigenvalue weighted by atomic mass is 9.94. The van der Waals surface area contributed by atoms with Crippen molar-refractivity contribution >= 4 is 22.6 Å². The molecule has 0 bridgehead atoms. The summed E-state index contributed by atoms with van der Waals surface area (Å²) in [5.74, 6) is 0.395. The highest BCUT2D eigenvalue weighted by atomic mass is 16.1. The van der Waals surface area contributed by atoms with Crippen molar-refractivity contribution in [2.24, 2.45) is 0 Å². The van der Waals surface area contributed by atoms with Crippen LogP contribution in [0.2, 0.25) is 0 Å². The number of aryl methyl sites for hydroxylation is 2. The number of hydrogen-bond acceptors (Lipinski definition) is 2. The van der Waals surface area contributed by atoms with E-state index >= 15 is 0 Å². The molecule has 1 amide bonds. The number of pyridine rings is 1. The number of para-hydroxylation sites is 1. The molecule has 132 valence electrons. The lowest BCUT2D eigenvalue weighted by Gasteiger charge is -2.13.